The van der Waals surface area contributed by atoms with Gasteiger partial charge in [-0.1, -0.05) is 170 Å². The Morgan fingerprint density at radius 3 is 1.36 bits per heavy atom. The van der Waals surface area contributed by atoms with E-state index in [1.54, 1.807) is 0 Å². The highest BCUT2D eigenvalue weighted by Crippen LogP contribution is 2.46. The lowest BCUT2D eigenvalue weighted by Gasteiger charge is -2.18. The van der Waals surface area contributed by atoms with Crippen molar-refractivity contribution < 1.29 is 0 Å². The topological polar surface area (TPSA) is 53.5 Å². The van der Waals surface area contributed by atoms with Gasteiger partial charge in [0.05, 0.1) is 38.8 Å². The molecule has 0 spiro atoms. The third kappa shape index (κ3) is 6.68. The zero-order valence-corrected chi connectivity index (χ0v) is 43.8. The van der Waals surface area contributed by atoms with Crippen LogP contribution in [-0.2, 0) is 0 Å². The summed E-state index contributed by atoms with van der Waals surface area (Å²) in [5.41, 5.74) is 14.7. The molecular formula is C73H44N6S. The first-order valence-electron chi connectivity index (χ1n) is 27.1. The van der Waals surface area contributed by atoms with Crippen LogP contribution >= 0.6 is 11.3 Å². The largest absolute Gasteiger partial charge is 0.309 e. The van der Waals surface area contributed by atoms with Gasteiger partial charge in [-0.15, -0.1) is 11.3 Å². The fourth-order valence-corrected chi connectivity index (χ4v) is 14.0. The Morgan fingerprint density at radius 2 is 0.738 bits per heavy atom. The van der Waals surface area contributed by atoms with Crippen LogP contribution in [0.1, 0.15) is 0 Å². The lowest BCUT2D eigenvalue weighted by Crippen LogP contribution is -2.04. The minimum Gasteiger partial charge on any atom is -0.309 e. The van der Waals surface area contributed by atoms with E-state index in [4.69, 9.17) is 15.0 Å². The predicted molar refractivity (Wildman–Crippen MR) is 335 cm³/mol. The first-order valence-corrected chi connectivity index (χ1v) is 27.9. The molecule has 0 aliphatic heterocycles. The number of para-hydroxylation sites is 7. The fraction of sp³-hybridized carbons (Fsp3) is 0. The van der Waals surface area contributed by atoms with E-state index in [-0.39, 0.29) is 0 Å². The Kier molecular flexibility index (Phi) is 9.78. The molecule has 17 aromatic rings. The van der Waals surface area contributed by atoms with E-state index in [0.717, 1.165) is 99.5 Å². The second-order valence-corrected chi connectivity index (χ2v) is 21.7. The molecule has 0 unspecified atom stereocenters. The molecule has 0 bridgehead atoms. The Morgan fingerprint density at radius 1 is 0.275 bits per heavy atom. The van der Waals surface area contributed by atoms with Gasteiger partial charge in [0.2, 0.25) is 0 Å². The van der Waals surface area contributed by atoms with Crippen LogP contribution in [0.25, 0.3) is 159 Å². The normalized spacial score (nSPS) is 12.0. The summed E-state index contributed by atoms with van der Waals surface area (Å²) >= 11 is 1.84. The van der Waals surface area contributed by atoms with Gasteiger partial charge in [0, 0.05) is 86.1 Å². The molecule has 5 aromatic heterocycles. The summed E-state index contributed by atoms with van der Waals surface area (Å²) < 4.78 is 9.70. The molecule has 0 saturated heterocycles. The number of rotatable bonds is 7. The number of fused-ring (bicyclic) bond motifs is 13. The molecule has 80 heavy (non-hydrogen) atoms. The molecule has 0 atom stereocenters. The van der Waals surface area contributed by atoms with Gasteiger partial charge in [-0.3, -0.25) is 0 Å². The van der Waals surface area contributed by atoms with Gasteiger partial charge in [0.1, 0.15) is 0 Å². The number of thiophene rings is 1. The van der Waals surface area contributed by atoms with Crippen molar-refractivity contribution in [3.63, 3.8) is 0 Å². The summed E-state index contributed by atoms with van der Waals surface area (Å²) in [5.74, 6) is 1.74. The van der Waals surface area contributed by atoms with Crippen molar-refractivity contribution in [1.82, 2.24) is 28.7 Å². The van der Waals surface area contributed by atoms with E-state index >= 15 is 0 Å². The molecule has 0 aliphatic rings. The molecule has 0 N–H and O–H groups in total. The number of nitrogens with zero attached hydrogens (tertiary/aromatic N) is 6. The summed E-state index contributed by atoms with van der Waals surface area (Å²) in [7, 11) is 0. The molecule has 0 saturated carbocycles. The van der Waals surface area contributed by atoms with E-state index in [9.17, 15) is 0 Å². The first-order chi connectivity index (χ1) is 39.7. The second kappa shape index (κ2) is 17.5. The maximum absolute atomic E-state index is 5.67. The average molecular weight is 1040 g/mol. The highest BCUT2D eigenvalue weighted by molar-refractivity contribution is 7.26. The first kappa shape index (κ1) is 44.6. The summed E-state index contributed by atoms with van der Waals surface area (Å²) in [6, 6.07) is 96.3. The van der Waals surface area contributed by atoms with Gasteiger partial charge in [0.15, 0.2) is 17.5 Å². The Bertz CT molecular complexity index is 5200. The predicted octanol–water partition coefficient (Wildman–Crippen LogP) is 19.4. The second-order valence-electron chi connectivity index (χ2n) is 20.7. The van der Waals surface area contributed by atoms with Gasteiger partial charge in [-0.25, -0.2) is 15.0 Å². The molecule has 6 nitrogen and oxygen atoms in total. The highest BCUT2D eigenvalue weighted by Gasteiger charge is 2.25. The van der Waals surface area contributed by atoms with Crippen LogP contribution in [0, 0.1) is 0 Å². The van der Waals surface area contributed by atoms with Crippen LogP contribution in [0.15, 0.2) is 267 Å². The third-order valence-corrected chi connectivity index (χ3v) is 17.4. The molecule has 12 aromatic carbocycles. The van der Waals surface area contributed by atoms with Crippen molar-refractivity contribution >= 4 is 108 Å². The Labute approximate surface area is 463 Å². The maximum Gasteiger partial charge on any atom is 0.166 e. The summed E-state index contributed by atoms with van der Waals surface area (Å²) in [5, 5.41) is 11.9. The SMILES string of the molecule is c1ccc(-n2c3ccccc3c3cccc(-c4nc(-c5ccc(-n6c7ccccc7c7cc8ccccc8cc76)c(-c6cccc7sc8ccccc8c67)c5)nc(-c5cccc6c7ccccc7n(-c7ccccc7)c56)n4)c32)cc1. The van der Waals surface area contributed by atoms with Gasteiger partial charge in [-0.2, -0.15) is 0 Å². The van der Waals surface area contributed by atoms with Crippen molar-refractivity contribution in [3.8, 4) is 62.4 Å². The van der Waals surface area contributed by atoms with Crippen molar-refractivity contribution in [2.45, 2.75) is 0 Å². The smallest absolute Gasteiger partial charge is 0.166 e. The molecule has 0 radical (unpaired) electrons. The van der Waals surface area contributed by atoms with Crippen LogP contribution in [0.3, 0.4) is 0 Å². The van der Waals surface area contributed by atoms with Crippen molar-refractivity contribution in [2.24, 2.45) is 0 Å². The maximum atomic E-state index is 5.67. The molecule has 0 fully saturated rings. The van der Waals surface area contributed by atoms with Crippen LogP contribution in [0.2, 0.25) is 0 Å². The van der Waals surface area contributed by atoms with E-state index in [1.807, 2.05) is 11.3 Å². The van der Waals surface area contributed by atoms with Gasteiger partial charge < -0.3 is 13.7 Å². The molecule has 7 heteroatoms. The third-order valence-electron chi connectivity index (χ3n) is 16.3. The van der Waals surface area contributed by atoms with E-state index < -0.39 is 0 Å². The number of hydrogen-bond acceptors (Lipinski definition) is 4. The van der Waals surface area contributed by atoms with E-state index in [1.165, 1.54) is 41.7 Å². The number of hydrogen-bond donors (Lipinski definition) is 0. The van der Waals surface area contributed by atoms with Crippen molar-refractivity contribution in [3.05, 3.63) is 267 Å². The Hall–Kier alpha value is -10.5. The lowest BCUT2D eigenvalue weighted by molar-refractivity contribution is 1.07. The summed E-state index contributed by atoms with van der Waals surface area (Å²) in [6.45, 7) is 0. The zero-order chi connectivity index (χ0) is 52.4. The molecule has 5 heterocycles. The van der Waals surface area contributed by atoms with Crippen molar-refractivity contribution in [2.75, 3.05) is 0 Å². The standard InChI is InChI=1S/C73H44N6S/c1-3-22-48(23-4-1)77-61-35-13-9-26-50(61)54-31-17-33-57(69(54)77)72-74-71(75-73(76-72)58-34-18-32-55-51-27-10-14-36-62(51)78(70(55)58)49-24-5-2-6-25-49)47-40-41-64(60(43-47)53-30-19-39-67-68(53)56-29-12-16-38-66(56)80-67)79-63-37-15-11-28-52(63)59-42-45-20-7-8-21-46(45)44-65(59)79/h1-44H. The van der Waals surface area contributed by atoms with Crippen LogP contribution in [0.4, 0.5) is 0 Å². The van der Waals surface area contributed by atoms with Gasteiger partial charge in [-0.05, 0) is 113 Å². The quantitative estimate of drug-likeness (QED) is 0.160. The minimum atomic E-state index is 0.576. The lowest BCUT2D eigenvalue weighted by atomic mass is 9.95. The van der Waals surface area contributed by atoms with E-state index in [0.29, 0.717) is 17.5 Å². The van der Waals surface area contributed by atoms with Crippen LogP contribution in [0.5, 0.6) is 0 Å². The van der Waals surface area contributed by atoms with Crippen LogP contribution in [-0.4, -0.2) is 28.7 Å². The Balaban J connectivity index is 0.991. The summed E-state index contributed by atoms with van der Waals surface area (Å²) in [6.07, 6.45) is 0. The molecule has 0 aliphatic carbocycles. The van der Waals surface area contributed by atoms with Gasteiger partial charge in [0.25, 0.3) is 0 Å². The minimum absolute atomic E-state index is 0.576. The fourth-order valence-electron chi connectivity index (χ4n) is 12.8. The number of benzene rings is 12. The molecule has 372 valence electrons. The summed E-state index contributed by atoms with van der Waals surface area (Å²) in [4.78, 5) is 17.0. The highest BCUT2D eigenvalue weighted by atomic mass is 32.1. The monoisotopic (exact) mass is 1040 g/mol. The molecule has 17 rings (SSSR count). The van der Waals surface area contributed by atoms with E-state index in [2.05, 4.69) is 281 Å². The van der Waals surface area contributed by atoms with Crippen LogP contribution < -0.4 is 0 Å². The molecule has 0 amide bonds. The number of aromatic nitrogens is 6. The van der Waals surface area contributed by atoms with Gasteiger partial charge >= 0.3 is 0 Å². The van der Waals surface area contributed by atoms with Crippen molar-refractivity contribution in [1.29, 1.82) is 0 Å². The average Bonchev–Trinajstić information content (AvgIpc) is 4.39. The zero-order valence-electron chi connectivity index (χ0n) is 43.0. The molecular weight excluding hydrogens is 993 g/mol.